The minimum absolute atomic E-state index is 0.591. The second-order valence-electron chi connectivity index (χ2n) is 6.86. The first-order chi connectivity index (χ1) is 14.4. The number of rotatable bonds is 4. The lowest BCUT2D eigenvalue weighted by molar-refractivity contribution is -0.137. The van der Waals surface area contributed by atoms with Crippen molar-refractivity contribution in [2.24, 2.45) is 7.05 Å². The van der Waals surface area contributed by atoms with Crippen LogP contribution in [0.1, 0.15) is 5.56 Å². The zero-order valence-corrected chi connectivity index (χ0v) is 16.4. The molecule has 0 unspecified atom stereocenters. The largest absolute Gasteiger partial charge is 0.497 e. The van der Waals surface area contributed by atoms with Crippen LogP contribution >= 0.6 is 0 Å². The van der Waals surface area contributed by atoms with Crippen molar-refractivity contribution in [3.05, 3.63) is 84.4 Å². The van der Waals surface area contributed by atoms with Gasteiger partial charge in [-0.05, 0) is 36.4 Å². The minimum atomic E-state index is -4.37. The molecule has 3 aromatic carbocycles. The third-order valence-electron chi connectivity index (χ3n) is 4.98. The van der Waals surface area contributed by atoms with Crippen molar-refractivity contribution in [2.45, 2.75) is 6.18 Å². The van der Waals surface area contributed by atoms with Gasteiger partial charge in [-0.15, -0.1) is 0 Å². The van der Waals surface area contributed by atoms with E-state index in [2.05, 4.69) is 0 Å². The van der Waals surface area contributed by atoms with Crippen molar-refractivity contribution in [1.29, 1.82) is 0 Å². The Balaban J connectivity index is 1.87. The summed E-state index contributed by atoms with van der Waals surface area (Å²) in [4.78, 5) is 4.81. The zero-order valence-electron chi connectivity index (χ0n) is 16.4. The molecule has 1 aromatic heterocycles. The van der Waals surface area contributed by atoms with E-state index in [0.29, 0.717) is 11.4 Å². The number of ether oxygens (including phenoxy) is 1. The second kappa shape index (κ2) is 7.71. The highest BCUT2D eigenvalue weighted by Crippen LogP contribution is 2.37. The number of nitrogens with zero attached hydrogens (tertiary/aromatic N) is 2. The molecule has 0 amide bonds. The van der Waals surface area contributed by atoms with Gasteiger partial charge in [0.25, 0.3) is 0 Å². The van der Waals surface area contributed by atoms with Crippen LogP contribution in [0.15, 0.2) is 78.9 Å². The Bertz CT molecular complexity index is 1150. The number of methoxy groups -OCH3 is 1. The van der Waals surface area contributed by atoms with Crippen molar-refractivity contribution in [1.82, 2.24) is 9.55 Å². The molecule has 0 aliphatic carbocycles. The van der Waals surface area contributed by atoms with Gasteiger partial charge in [0.15, 0.2) is 0 Å². The molecule has 0 spiro atoms. The van der Waals surface area contributed by atoms with Crippen molar-refractivity contribution >= 4 is 0 Å². The van der Waals surface area contributed by atoms with Gasteiger partial charge in [-0.1, -0.05) is 42.5 Å². The lowest BCUT2D eigenvalue weighted by Gasteiger charge is -2.09. The Morgan fingerprint density at radius 1 is 0.767 bits per heavy atom. The molecule has 0 N–H and O–H groups in total. The van der Waals surface area contributed by atoms with Gasteiger partial charge < -0.3 is 9.30 Å². The van der Waals surface area contributed by atoms with E-state index < -0.39 is 11.7 Å². The number of hydrogen-bond acceptors (Lipinski definition) is 2. The van der Waals surface area contributed by atoms with Gasteiger partial charge in [-0.2, -0.15) is 13.2 Å². The summed E-state index contributed by atoms with van der Waals surface area (Å²) in [5.41, 5.74) is 3.43. The molecule has 0 aliphatic rings. The third kappa shape index (κ3) is 3.68. The number of benzene rings is 3. The van der Waals surface area contributed by atoms with Crippen molar-refractivity contribution in [3.8, 4) is 39.7 Å². The highest BCUT2D eigenvalue weighted by Gasteiger charge is 2.30. The minimum Gasteiger partial charge on any atom is -0.497 e. The predicted molar refractivity (Wildman–Crippen MR) is 111 cm³/mol. The Morgan fingerprint density at radius 3 is 1.93 bits per heavy atom. The summed E-state index contributed by atoms with van der Waals surface area (Å²) < 4.78 is 46.0. The van der Waals surface area contributed by atoms with E-state index in [1.54, 1.807) is 7.11 Å². The molecule has 0 atom stereocenters. The van der Waals surface area contributed by atoms with Crippen molar-refractivity contribution in [3.63, 3.8) is 0 Å². The highest BCUT2D eigenvalue weighted by molar-refractivity contribution is 5.82. The van der Waals surface area contributed by atoms with Gasteiger partial charge in [0.05, 0.1) is 24.1 Å². The van der Waals surface area contributed by atoms with Crippen LogP contribution in [0.2, 0.25) is 0 Å². The fourth-order valence-electron chi connectivity index (χ4n) is 3.44. The molecule has 30 heavy (non-hydrogen) atoms. The van der Waals surface area contributed by atoms with Gasteiger partial charge in [0.2, 0.25) is 0 Å². The van der Waals surface area contributed by atoms with E-state index in [-0.39, 0.29) is 0 Å². The number of imidazole rings is 1. The molecule has 0 fully saturated rings. The summed E-state index contributed by atoms with van der Waals surface area (Å²) in [7, 11) is 3.48. The summed E-state index contributed by atoms with van der Waals surface area (Å²) in [5.74, 6) is 1.33. The number of alkyl halides is 3. The number of hydrogen-bond donors (Lipinski definition) is 0. The molecule has 1 heterocycles. The molecule has 152 valence electrons. The number of aromatic nitrogens is 2. The molecular weight excluding hydrogens is 389 g/mol. The van der Waals surface area contributed by atoms with Gasteiger partial charge in [0.1, 0.15) is 11.6 Å². The van der Waals surface area contributed by atoms with Crippen LogP contribution in [0.5, 0.6) is 5.75 Å². The standard InChI is InChI=1S/C24H19F3N2O/c1-29-22(17-6-4-3-5-7-17)21(16-10-14-20(30-2)15-11-16)28-23(29)18-8-12-19(13-9-18)24(25,26)27/h3-15H,1-2H3. The molecule has 0 bridgehead atoms. The summed E-state index contributed by atoms with van der Waals surface area (Å²) in [6, 6.07) is 22.4. The van der Waals surface area contributed by atoms with E-state index in [1.807, 2.05) is 66.2 Å². The Labute approximate surface area is 172 Å². The Morgan fingerprint density at radius 2 is 1.37 bits per heavy atom. The highest BCUT2D eigenvalue weighted by atomic mass is 19.4. The molecule has 0 saturated carbocycles. The van der Waals surface area contributed by atoms with Crippen LogP contribution < -0.4 is 4.74 Å². The van der Waals surface area contributed by atoms with Crippen molar-refractivity contribution < 1.29 is 17.9 Å². The van der Waals surface area contributed by atoms with Gasteiger partial charge in [-0.25, -0.2) is 4.98 Å². The topological polar surface area (TPSA) is 27.1 Å². The predicted octanol–water partition coefficient (Wildman–Crippen LogP) is 6.45. The quantitative estimate of drug-likeness (QED) is 0.388. The van der Waals surface area contributed by atoms with E-state index in [9.17, 15) is 13.2 Å². The molecular formula is C24H19F3N2O. The van der Waals surface area contributed by atoms with Crippen LogP contribution in [-0.2, 0) is 13.2 Å². The Kier molecular flexibility index (Phi) is 5.08. The van der Waals surface area contributed by atoms with E-state index >= 15 is 0 Å². The van der Waals surface area contributed by atoms with Crippen LogP contribution in [-0.4, -0.2) is 16.7 Å². The first kappa shape index (κ1) is 19.8. The van der Waals surface area contributed by atoms with Gasteiger partial charge >= 0.3 is 6.18 Å². The lowest BCUT2D eigenvalue weighted by atomic mass is 10.0. The maximum Gasteiger partial charge on any atom is 0.416 e. The van der Waals surface area contributed by atoms with E-state index in [1.165, 1.54) is 12.1 Å². The smallest absolute Gasteiger partial charge is 0.416 e. The third-order valence-corrected chi connectivity index (χ3v) is 4.98. The average Bonchev–Trinajstić information content (AvgIpc) is 3.11. The second-order valence-corrected chi connectivity index (χ2v) is 6.86. The first-order valence-electron chi connectivity index (χ1n) is 9.32. The summed E-state index contributed by atoms with van der Waals surface area (Å²) in [6.07, 6.45) is -4.37. The van der Waals surface area contributed by atoms with E-state index in [0.717, 1.165) is 40.4 Å². The SMILES string of the molecule is COc1ccc(-c2nc(-c3ccc(C(F)(F)F)cc3)n(C)c2-c2ccccc2)cc1. The fourth-order valence-corrected chi connectivity index (χ4v) is 3.44. The van der Waals surface area contributed by atoms with Crippen LogP contribution in [0.25, 0.3) is 33.9 Å². The lowest BCUT2D eigenvalue weighted by Crippen LogP contribution is -2.04. The van der Waals surface area contributed by atoms with Gasteiger partial charge in [-0.3, -0.25) is 0 Å². The monoisotopic (exact) mass is 408 g/mol. The molecule has 4 aromatic rings. The van der Waals surface area contributed by atoms with Crippen LogP contribution in [0.4, 0.5) is 13.2 Å². The summed E-state index contributed by atoms with van der Waals surface area (Å²) in [5, 5.41) is 0. The average molecular weight is 408 g/mol. The van der Waals surface area contributed by atoms with Gasteiger partial charge in [0, 0.05) is 23.7 Å². The molecule has 0 radical (unpaired) electrons. The molecule has 4 rings (SSSR count). The molecule has 0 saturated heterocycles. The Hall–Kier alpha value is -3.54. The maximum atomic E-state index is 12.9. The van der Waals surface area contributed by atoms with Crippen molar-refractivity contribution in [2.75, 3.05) is 7.11 Å². The fraction of sp³-hybridized carbons (Fsp3) is 0.125. The zero-order chi connectivity index (χ0) is 21.3. The molecule has 3 nitrogen and oxygen atoms in total. The maximum absolute atomic E-state index is 12.9. The first-order valence-corrected chi connectivity index (χ1v) is 9.32. The summed E-state index contributed by atoms with van der Waals surface area (Å²) >= 11 is 0. The summed E-state index contributed by atoms with van der Waals surface area (Å²) in [6.45, 7) is 0. The molecule has 6 heteroatoms. The molecule has 0 aliphatic heterocycles. The van der Waals surface area contributed by atoms with E-state index in [4.69, 9.17) is 9.72 Å². The number of halogens is 3. The van der Waals surface area contributed by atoms with Crippen LogP contribution in [0, 0.1) is 0 Å². The normalized spacial score (nSPS) is 11.5. The van der Waals surface area contributed by atoms with Crippen LogP contribution in [0.3, 0.4) is 0 Å².